The molecule has 5 rings (SSSR count). The van der Waals surface area contributed by atoms with Crippen molar-refractivity contribution >= 4 is 75.8 Å². The lowest BCUT2D eigenvalue weighted by Gasteiger charge is -2.07. The number of aromatic nitrogens is 4. The van der Waals surface area contributed by atoms with Crippen molar-refractivity contribution in [1.29, 1.82) is 0 Å². The van der Waals surface area contributed by atoms with Gasteiger partial charge in [-0.25, -0.2) is 14.4 Å². The van der Waals surface area contributed by atoms with Gasteiger partial charge in [0.1, 0.15) is 22.8 Å². The van der Waals surface area contributed by atoms with Crippen molar-refractivity contribution in [2.24, 2.45) is 0 Å². The second-order valence-corrected chi connectivity index (χ2v) is 10.1. The van der Waals surface area contributed by atoms with E-state index in [1.807, 2.05) is 18.3 Å². The molecular weight excluding hydrogens is 477 g/mol. The molecule has 3 heterocycles. The Morgan fingerprint density at radius 3 is 2.81 bits per heavy atom. The first-order chi connectivity index (χ1) is 15.3. The van der Waals surface area contributed by atoms with Crippen molar-refractivity contribution in [3.63, 3.8) is 0 Å². The lowest BCUT2D eigenvalue weighted by atomic mass is 10.1. The van der Waals surface area contributed by atoms with E-state index in [-0.39, 0.29) is 17.2 Å². The fraction of sp³-hybridized carbons (Fsp3) is 0.150. The largest absolute Gasteiger partial charge is 0.340 e. The third-order valence-electron chi connectivity index (χ3n) is 4.94. The molecule has 0 aliphatic heterocycles. The Kier molecular flexibility index (Phi) is 5.20. The highest BCUT2D eigenvalue weighted by Crippen LogP contribution is 2.40. The maximum Gasteiger partial charge on any atom is 0.264 e. The van der Waals surface area contributed by atoms with Crippen molar-refractivity contribution in [1.82, 2.24) is 19.7 Å². The zero-order valence-corrected chi connectivity index (χ0v) is 18.7. The van der Waals surface area contributed by atoms with Crippen LogP contribution in [-0.4, -0.2) is 38.5 Å². The number of rotatable bonds is 6. The van der Waals surface area contributed by atoms with Crippen molar-refractivity contribution in [2.45, 2.75) is 13.0 Å². The normalized spacial score (nSPS) is 12.2. The third-order valence-corrected chi connectivity index (χ3v) is 7.18. The molecule has 0 bridgehead atoms. The summed E-state index contributed by atoms with van der Waals surface area (Å²) in [5, 5.41) is 10.4. The van der Waals surface area contributed by atoms with Gasteiger partial charge in [-0.2, -0.15) is 13.5 Å². The zero-order chi connectivity index (χ0) is 22.5. The van der Waals surface area contributed by atoms with Gasteiger partial charge in [0.2, 0.25) is 0 Å². The number of benzene rings is 2. The molecule has 0 aliphatic carbocycles. The number of fused-ring (bicyclic) bond motifs is 5. The molecule has 2 N–H and O–H groups in total. The molecule has 3 aromatic heterocycles. The summed E-state index contributed by atoms with van der Waals surface area (Å²) in [5.74, 6) is -0.245. The molecule has 32 heavy (non-hydrogen) atoms. The first-order valence-electron chi connectivity index (χ1n) is 9.49. The molecule has 5 aromatic rings. The molecule has 2 aromatic carbocycles. The maximum absolute atomic E-state index is 13.5. The predicted octanol–water partition coefficient (Wildman–Crippen LogP) is 5.01. The summed E-state index contributed by atoms with van der Waals surface area (Å²) in [5.41, 5.74) is 1.37. The van der Waals surface area contributed by atoms with Crippen LogP contribution in [0.4, 0.5) is 15.9 Å². The highest BCUT2D eigenvalue weighted by molar-refractivity contribution is 7.85. The van der Waals surface area contributed by atoms with E-state index in [2.05, 4.69) is 20.4 Å². The van der Waals surface area contributed by atoms with E-state index in [1.54, 1.807) is 10.7 Å². The van der Waals surface area contributed by atoms with Gasteiger partial charge >= 0.3 is 0 Å². The predicted molar refractivity (Wildman–Crippen MR) is 124 cm³/mol. The van der Waals surface area contributed by atoms with Gasteiger partial charge < -0.3 is 5.32 Å². The van der Waals surface area contributed by atoms with Crippen molar-refractivity contribution in [2.75, 3.05) is 11.1 Å². The Bertz CT molecular complexity index is 1600. The molecular formula is C20H15ClFN5O3S2. The molecule has 0 spiro atoms. The number of thiophene rings is 1. The fourth-order valence-corrected chi connectivity index (χ4v) is 5.36. The Balaban J connectivity index is 1.56. The molecule has 0 saturated heterocycles. The number of hydrogen-bond donors (Lipinski definition) is 2. The van der Waals surface area contributed by atoms with E-state index < -0.39 is 15.9 Å². The molecule has 0 radical (unpaired) electrons. The first-order valence-corrected chi connectivity index (χ1v) is 12.3. The SMILES string of the molecule is O=S(=O)(O)CCCn1cc2c(ccc3c2sc2ncnc(Nc4ccc(F)c(Cl)c4)c23)n1. The van der Waals surface area contributed by atoms with Gasteiger partial charge in [-0.3, -0.25) is 9.23 Å². The fourth-order valence-electron chi connectivity index (χ4n) is 3.54. The van der Waals surface area contributed by atoms with Crippen LogP contribution in [0.25, 0.3) is 31.2 Å². The van der Waals surface area contributed by atoms with Crippen LogP contribution >= 0.6 is 22.9 Å². The second-order valence-electron chi connectivity index (χ2n) is 7.17. The molecule has 0 unspecified atom stereocenters. The number of nitrogens with zero attached hydrogens (tertiary/aromatic N) is 4. The average Bonchev–Trinajstić information content (AvgIpc) is 3.31. The molecule has 12 heteroatoms. The molecule has 0 fully saturated rings. The van der Waals surface area contributed by atoms with Gasteiger partial charge in [0.05, 0.1) is 21.7 Å². The minimum absolute atomic E-state index is 0.0126. The summed E-state index contributed by atoms with van der Waals surface area (Å²) in [7, 11) is -4.00. The molecule has 8 nitrogen and oxygen atoms in total. The van der Waals surface area contributed by atoms with Crippen LogP contribution in [0.15, 0.2) is 42.9 Å². The minimum atomic E-state index is -4.00. The topological polar surface area (TPSA) is 110 Å². The molecule has 0 amide bonds. The monoisotopic (exact) mass is 491 g/mol. The molecule has 0 atom stereocenters. The number of aryl methyl sites for hydroxylation is 1. The summed E-state index contributed by atoms with van der Waals surface area (Å²) >= 11 is 7.40. The van der Waals surface area contributed by atoms with E-state index in [0.29, 0.717) is 18.1 Å². The molecule has 164 valence electrons. The highest BCUT2D eigenvalue weighted by Gasteiger charge is 2.16. The summed E-state index contributed by atoms with van der Waals surface area (Å²) < 4.78 is 47.0. The number of halogens is 2. The number of anilines is 2. The molecule has 0 saturated carbocycles. The van der Waals surface area contributed by atoms with Crippen molar-refractivity contribution in [3.05, 3.63) is 53.7 Å². The summed E-state index contributed by atoms with van der Waals surface area (Å²) in [6, 6.07) is 8.19. The van der Waals surface area contributed by atoms with Gasteiger partial charge in [-0.15, -0.1) is 11.3 Å². The smallest absolute Gasteiger partial charge is 0.264 e. The minimum Gasteiger partial charge on any atom is -0.340 e. The van der Waals surface area contributed by atoms with Crippen molar-refractivity contribution in [3.8, 4) is 0 Å². The number of nitrogens with one attached hydrogen (secondary N) is 1. The summed E-state index contributed by atoms with van der Waals surface area (Å²) in [6.07, 6.45) is 3.57. The average molecular weight is 492 g/mol. The molecule has 0 aliphatic rings. The van der Waals surface area contributed by atoms with Crippen LogP contribution in [0.1, 0.15) is 6.42 Å². The lowest BCUT2D eigenvalue weighted by Crippen LogP contribution is -2.08. The van der Waals surface area contributed by atoms with Gasteiger partial charge in [0.25, 0.3) is 10.1 Å². The summed E-state index contributed by atoms with van der Waals surface area (Å²) in [6.45, 7) is 0.360. The van der Waals surface area contributed by atoms with Crippen LogP contribution in [-0.2, 0) is 16.7 Å². The van der Waals surface area contributed by atoms with E-state index in [9.17, 15) is 12.8 Å². The quantitative estimate of drug-likeness (QED) is 0.321. The standard InChI is InChI=1S/C20H15ClFN5O3S2/c21-14-8-11(2-4-15(14)22)25-19-17-12-3-5-16-13(18(12)31-20(17)24-10-23-19)9-27(26-16)6-1-7-32(28,29)30/h2-5,8-10H,1,6-7H2,(H,23,24,25)(H,28,29,30). The Morgan fingerprint density at radius 1 is 1.19 bits per heavy atom. The van der Waals surface area contributed by atoms with Crippen LogP contribution in [0.5, 0.6) is 0 Å². The third kappa shape index (κ3) is 3.99. The van der Waals surface area contributed by atoms with Gasteiger partial charge in [-0.05, 0) is 30.7 Å². The second kappa shape index (κ2) is 7.93. The Labute approximate surface area is 190 Å². The zero-order valence-electron chi connectivity index (χ0n) is 16.3. The maximum atomic E-state index is 13.5. The first kappa shape index (κ1) is 21.0. The van der Waals surface area contributed by atoms with Crippen LogP contribution in [0, 0.1) is 5.82 Å². The van der Waals surface area contributed by atoms with E-state index in [4.69, 9.17) is 16.2 Å². The highest BCUT2D eigenvalue weighted by atomic mass is 35.5. The van der Waals surface area contributed by atoms with Gasteiger partial charge in [0, 0.05) is 33.9 Å². The van der Waals surface area contributed by atoms with E-state index in [1.165, 1.54) is 29.8 Å². The lowest BCUT2D eigenvalue weighted by molar-refractivity contribution is 0.476. The Hall–Kier alpha value is -2.86. The van der Waals surface area contributed by atoms with Gasteiger partial charge in [0.15, 0.2) is 0 Å². The van der Waals surface area contributed by atoms with Crippen molar-refractivity contribution < 1.29 is 17.4 Å². The summed E-state index contributed by atoms with van der Waals surface area (Å²) in [4.78, 5) is 9.55. The van der Waals surface area contributed by atoms with Gasteiger partial charge in [-0.1, -0.05) is 17.7 Å². The van der Waals surface area contributed by atoms with E-state index >= 15 is 0 Å². The van der Waals surface area contributed by atoms with Crippen LogP contribution < -0.4 is 5.32 Å². The Morgan fingerprint density at radius 2 is 2.03 bits per heavy atom. The van der Waals surface area contributed by atoms with Crippen LogP contribution in [0.3, 0.4) is 0 Å². The van der Waals surface area contributed by atoms with Crippen LogP contribution in [0.2, 0.25) is 5.02 Å². The van der Waals surface area contributed by atoms with E-state index in [0.717, 1.165) is 31.2 Å². The number of hydrogen-bond acceptors (Lipinski definition) is 7.